The number of pyridine rings is 1. The summed E-state index contributed by atoms with van der Waals surface area (Å²) >= 11 is 0. The Labute approximate surface area is 118 Å². The Bertz CT molecular complexity index is 434. The number of carbonyl (C=O) groups is 1. The number of likely N-dealkylation sites (tertiary alicyclic amines) is 1. The maximum atomic E-state index is 12.8. The standard InChI is InChI=1S/C15H21FN2O2/c16-12-4-5-14(17-11-12)15(20)6-9-18-8-2-1-3-13(18)7-10-19/h4-5,11,13,19H,1-3,6-10H2. The van der Waals surface area contributed by atoms with E-state index in [0.717, 1.165) is 32.0 Å². The van der Waals surface area contributed by atoms with Crippen molar-refractivity contribution in [2.45, 2.75) is 38.1 Å². The first-order valence-electron chi connectivity index (χ1n) is 7.20. The molecule has 0 aliphatic carbocycles. The minimum Gasteiger partial charge on any atom is -0.396 e. The van der Waals surface area contributed by atoms with Gasteiger partial charge in [-0.25, -0.2) is 4.39 Å². The van der Waals surface area contributed by atoms with Crippen LogP contribution in [0.5, 0.6) is 0 Å². The summed E-state index contributed by atoms with van der Waals surface area (Å²) in [5.41, 5.74) is 0.321. The number of carbonyl (C=O) groups excluding carboxylic acids is 1. The molecule has 1 atom stereocenters. The average molecular weight is 280 g/mol. The van der Waals surface area contributed by atoms with Crippen molar-refractivity contribution in [3.8, 4) is 0 Å². The Hall–Kier alpha value is -1.33. The maximum absolute atomic E-state index is 12.8. The number of aliphatic hydroxyl groups excluding tert-OH is 1. The Morgan fingerprint density at radius 3 is 3.00 bits per heavy atom. The van der Waals surface area contributed by atoms with Crippen LogP contribution in [-0.4, -0.2) is 46.5 Å². The Morgan fingerprint density at radius 2 is 2.30 bits per heavy atom. The van der Waals surface area contributed by atoms with Crippen molar-refractivity contribution in [2.24, 2.45) is 0 Å². The Kier molecular flexibility index (Phi) is 5.61. The van der Waals surface area contributed by atoms with Crippen molar-refractivity contribution in [2.75, 3.05) is 19.7 Å². The second-order valence-corrected chi connectivity index (χ2v) is 5.23. The number of aromatic nitrogens is 1. The number of nitrogens with zero attached hydrogens (tertiary/aromatic N) is 2. The average Bonchev–Trinajstić information content (AvgIpc) is 2.47. The number of ketones is 1. The zero-order valence-corrected chi connectivity index (χ0v) is 11.6. The van der Waals surface area contributed by atoms with Crippen molar-refractivity contribution >= 4 is 5.78 Å². The fourth-order valence-corrected chi connectivity index (χ4v) is 2.74. The first kappa shape index (κ1) is 15.1. The van der Waals surface area contributed by atoms with Gasteiger partial charge in [-0.15, -0.1) is 0 Å². The molecule has 1 unspecified atom stereocenters. The van der Waals surface area contributed by atoms with E-state index < -0.39 is 5.82 Å². The number of rotatable bonds is 6. The molecule has 110 valence electrons. The van der Waals surface area contributed by atoms with Crippen LogP contribution in [0.15, 0.2) is 18.3 Å². The fraction of sp³-hybridized carbons (Fsp3) is 0.600. The molecule has 1 aromatic rings. The van der Waals surface area contributed by atoms with Crippen molar-refractivity contribution in [3.63, 3.8) is 0 Å². The molecular weight excluding hydrogens is 259 g/mol. The lowest BCUT2D eigenvalue weighted by Crippen LogP contribution is -2.41. The largest absolute Gasteiger partial charge is 0.396 e. The molecule has 0 amide bonds. The molecule has 0 spiro atoms. The molecule has 2 heterocycles. The van der Waals surface area contributed by atoms with Crippen molar-refractivity contribution < 1.29 is 14.3 Å². The Morgan fingerprint density at radius 1 is 1.45 bits per heavy atom. The van der Waals surface area contributed by atoms with E-state index >= 15 is 0 Å². The number of Topliss-reactive ketones (excluding diaryl/α,β-unsaturated/α-hetero) is 1. The summed E-state index contributed by atoms with van der Waals surface area (Å²) < 4.78 is 12.8. The van der Waals surface area contributed by atoms with Crippen LogP contribution in [0, 0.1) is 5.82 Å². The molecule has 1 N–H and O–H groups in total. The quantitative estimate of drug-likeness (QED) is 0.810. The Balaban J connectivity index is 1.86. The predicted octanol–water partition coefficient (Wildman–Crippen LogP) is 2.03. The van der Waals surface area contributed by atoms with Gasteiger partial charge in [0.15, 0.2) is 5.78 Å². The van der Waals surface area contributed by atoms with Crippen LogP contribution in [-0.2, 0) is 0 Å². The third kappa shape index (κ3) is 4.08. The van der Waals surface area contributed by atoms with E-state index in [1.165, 1.54) is 18.6 Å². The minimum atomic E-state index is -0.430. The highest BCUT2D eigenvalue weighted by molar-refractivity contribution is 5.94. The van der Waals surface area contributed by atoms with Gasteiger partial charge in [0, 0.05) is 25.6 Å². The predicted molar refractivity (Wildman–Crippen MR) is 74.1 cm³/mol. The lowest BCUT2D eigenvalue weighted by molar-refractivity contribution is 0.0892. The van der Waals surface area contributed by atoms with E-state index in [0.29, 0.717) is 24.7 Å². The van der Waals surface area contributed by atoms with E-state index in [9.17, 15) is 9.18 Å². The molecule has 2 rings (SSSR count). The van der Waals surface area contributed by atoms with Gasteiger partial charge in [0.1, 0.15) is 11.5 Å². The number of hydrogen-bond donors (Lipinski definition) is 1. The number of hydrogen-bond acceptors (Lipinski definition) is 4. The molecule has 1 aliphatic rings. The summed E-state index contributed by atoms with van der Waals surface area (Å²) in [6.45, 7) is 1.85. The first-order valence-corrected chi connectivity index (χ1v) is 7.20. The highest BCUT2D eigenvalue weighted by Gasteiger charge is 2.22. The van der Waals surface area contributed by atoms with Gasteiger partial charge in [0.25, 0.3) is 0 Å². The second kappa shape index (κ2) is 7.45. The van der Waals surface area contributed by atoms with Crippen molar-refractivity contribution in [1.82, 2.24) is 9.88 Å². The third-order valence-corrected chi connectivity index (χ3v) is 3.85. The number of halogens is 1. The van der Waals surface area contributed by atoms with Crippen LogP contribution in [0.4, 0.5) is 4.39 Å². The zero-order valence-electron chi connectivity index (χ0n) is 11.6. The fourth-order valence-electron chi connectivity index (χ4n) is 2.74. The van der Waals surface area contributed by atoms with Gasteiger partial charge in [0.2, 0.25) is 0 Å². The van der Waals surface area contributed by atoms with Gasteiger partial charge in [-0.1, -0.05) is 6.42 Å². The first-order chi connectivity index (χ1) is 9.70. The van der Waals surface area contributed by atoms with Gasteiger partial charge in [0.05, 0.1) is 6.20 Å². The molecule has 0 bridgehead atoms. The molecule has 1 aromatic heterocycles. The van der Waals surface area contributed by atoms with E-state index in [1.54, 1.807) is 0 Å². The molecule has 1 saturated heterocycles. The van der Waals surface area contributed by atoms with E-state index in [1.807, 2.05) is 0 Å². The monoisotopic (exact) mass is 280 g/mol. The van der Waals surface area contributed by atoms with Crippen LogP contribution in [0.1, 0.15) is 42.6 Å². The molecule has 4 nitrogen and oxygen atoms in total. The lowest BCUT2D eigenvalue weighted by Gasteiger charge is -2.35. The van der Waals surface area contributed by atoms with Crippen LogP contribution < -0.4 is 0 Å². The molecule has 5 heteroatoms. The summed E-state index contributed by atoms with van der Waals surface area (Å²) in [6.07, 6.45) is 5.65. The van der Waals surface area contributed by atoms with Gasteiger partial charge < -0.3 is 5.11 Å². The molecular formula is C15H21FN2O2. The van der Waals surface area contributed by atoms with Gasteiger partial charge >= 0.3 is 0 Å². The van der Waals surface area contributed by atoms with Gasteiger partial charge in [-0.2, -0.15) is 0 Å². The van der Waals surface area contributed by atoms with Crippen LogP contribution in [0.3, 0.4) is 0 Å². The topological polar surface area (TPSA) is 53.4 Å². The van der Waals surface area contributed by atoms with Crippen LogP contribution >= 0.6 is 0 Å². The summed E-state index contributed by atoms with van der Waals surface area (Å²) in [7, 11) is 0. The molecule has 1 aliphatic heterocycles. The number of piperidine rings is 1. The SMILES string of the molecule is O=C(CCN1CCCCC1CCO)c1ccc(F)cn1. The van der Waals surface area contributed by atoms with E-state index in [-0.39, 0.29) is 12.4 Å². The second-order valence-electron chi connectivity index (χ2n) is 5.23. The molecule has 0 saturated carbocycles. The third-order valence-electron chi connectivity index (χ3n) is 3.85. The molecule has 0 aromatic carbocycles. The molecule has 20 heavy (non-hydrogen) atoms. The smallest absolute Gasteiger partial charge is 0.182 e. The van der Waals surface area contributed by atoms with Gasteiger partial charge in [-0.05, 0) is 37.9 Å². The van der Waals surface area contributed by atoms with Gasteiger partial charge in [-0.3, -0.25) is 14.7 Å². The molecule has 0 radical (unpaired) electrons. The summed E-state index contributed by atoms with van der Waals surface area (Å²) in [5, 5.41) is 9.08. The van der Waals surface area contributed by atoms with Crippen LogP contribution in [0.25, 0.3) is 0 Å². The number of aliphatic hydroxyl groups is 1. The summed E-state index contributed by atoms with van der Waals surface area (Å²) in [5.74, 6) is -0.487. The maximum Gasteiger partial charge on any atom is 0.182 e. The van der Waals surface area contributed by atoms with E-state index in [4.69, 9.17) is 5.11 Å². The normalized spacial score (nSPS) is 20.0. The lowest BCUT2D eigenvalue weighted by atomic mass is 9.99. The highest BCUT2D eigenvalue weighted by atomic mass is 19.1. The molecule has 1 fully saturated rings. The van der Waals surface area contributed by atoms with Crippen molar-refractivity contribution in [3.05, 3.63) is 29.8 Å². The van der Waals surface area contributed by atoms with Crippen molar-refractivity contribution in [1.29, 1.82) is 0 Å². The summed E-state index contributed by atoms with van der Waals surface area (Å²) in [4.78, 5) is 18.1. The zero-order chi connectivity index (χ0) is 14.4. The van der Waals surface area contributed by atoms with Crippen LogP contribution in [0.2, 0.25) is 0 Å². The minimum absolute atomic E-state index is 0.0571. The highest BCUT2D eigenvalue weighted by Crippen LogP contribution is 2.19. The van der Waals surface area contributed by atoms with E-state index in [2.05, 4.69) is 9.88 Å². The summed E-state index contributed by atoms with van der Waals surface area (Å²) in [6, 6.07) is 3.07.